The Labute approximate surface area is 117 Å². The summed E-state index contributed by atoms with van der Waals surface area (Å²) in [4.78, 5) is 0. The van der Waals surface area contributed by atoms with Crippen molar-refractivity contribution in [1.29, 1.82) is 0 Å². The Morgan fingerprint density at radius 1 is 0.632 bits per heavy atom. The van der Waals surface area contributed by atoms with E-state index in [1.807, 2.05) is 55.4 Å². The Morgan fingerprint density at radius 3 is 1.16 bits per heavy atom. The van der Waals surface area contributed by atoms with Gasteiger partial charge >= 0.3 is 5.97 Å². The van der Waals surface area contributed by atoms with Gasteiger partial charge in [0.1, 0.15) is 0 Å². The van der Waals surface area contributed by atoms with Gasteiger partial charge in [-0.3, -0.25) is 0 Å². The highest BCUT2D eigenvalue weighted by atomic mass is 16.9. The molecule has 5 heteroatoms. The molecule has 0 rings (SSSR count). The monoisotopic (exact) mass is 278 g/mol. The molecule has 0 saturated heterocycles. The van der Waals surface area contributed by atoms with Crippen LogP contribution in [0.4, 0.5) is 0 Å². The second-order valence-electron chi connectivity index (χ2n) is 5.64. The van der Waals surface area contributed by atoms with Gasteiger partial charge in [0, 0.05) is 0 Å². The molecule has 1 unspecified atom stereocenters. The Morgan fingerprint density at radius 2 is 0.947 bits per heavy atom. The zero-order valence-electron chi connectivity index (χ0n) is 13.5. The SMILES string of the molecule is CC(C)OC(O)C(OC(C)C)(OC(C)C)OC(C)C. The minimum absolute atomic E-state index is 0.170. The summed E-state index contributed by atoms with van der Waals surface area (Å²) in [5, 5.41) is 10.3. The molecule has 0 heterocycles. The summed E-state index contributed by atoms with van der Waals surface area (Å²) in [6.45, 7) is 14.8. The molecule has 1 N–H and O–H groups in total. The number of ether oxygens (including phenoxy) is 4. The second kappa shape index (κ2) is 8.17. The molecule has 19 heavy (non-hydrogen) atoms. The molecular formula is C14H30O5. The van der Waals surface area contributed by atoms with Gasteiger partial charge in [-0.1, -0.05) is 0 Å². The number of aliphatic hydroxyl groups is 1. The lowest BCUT2D eigenvalue weighted by molar-refractivity contribution is -0.474. The third-order valence-corrected chi connectivity index (χ3v) is 1.90. The molecule has 5 nitrogen and oxygen atoms in total. The quantitative estimate of drug-likeness (QED) is 0.657. The summed E-state index contributed by atoms with van der Waals surface area (Å²) >= 11 is 0. The molecule has 0 aliphatic carbocycles. The summed E-state index contributed by atoms with van der Waals surface area (Å²) in [5.41, 5.74) is 0. The van der Waals surface area contributed by atoms with Crippen LogP contribution in [0.5, 0.6) is 0 Å². The molecule has 0 bridgehead atoms. The van der Waals surface area contributed by atoms with Gasteiger partial charge in [0.05, 0.1) is 24.4 Å². The van der Waals surface area contributed by atoms with Crippen LogP contribution >= 0.6 is 0 Å². The van der Waals surface area contributed by atoms with Gasteiger partial charge < -0.3 is 24.1 Å². The van der Waals surface area contributed by atoms with E-state index in [9.17, 15) is 5.11 Å². The molecule has 116 valence electrons. The van der Waals surface area contributed by atoms with E-state index in [2.05, 4.69) is 0 Å². The van der Waals surface area contributed by atoms with E-state index in [0.717, 1.165) is 0 Å². The van der Waals surface area contributed by atoms with Gasteiger partial charge in [-0.05, 0) is 55.4 Å². The number of hydrogen-bond acceptors (Lipinski definition) is 5. The second-order valence-corrected chi connectivity index (χ2v) is 5.64. The van der Waals surface area contributed by atoms with Gasteiger partial charge in [-0.2, -0.15) is 0 Å². The smallest absolute Gasteiger partial charge is 0.338 e. The van der Waals surface area contributed by atoms with Crippen LogP contribution in [0.1, 0.15) is 55.4 Å². The van der Waals surface area contributed by atoms with E-state index < -0.39 is 12.3 Å². The summed E-state index contributed by atoms with van der Waals surface area (Å²) in [7, 11) is 0. The highest BCUT2D eigenvalue weighted by Crippen LogP contribution is 2.27. The standard InChI is InChI=1S/C14H30O5/c1-9(2)16-13(15)14(17-10(3)4,18-11(5)6)19-12(7)8/h9-13,15H,1-8H3. The number of aliphatic hydroxyl groups excluding tert-OH is 1. The highest BCUT2D eigenvalue weighted by molar-refractivity contribution is 4.68. The molecule has 0 aromatic carbocycles. The van der Waals surface area contributed by atoms with Crippen LogP contribution in [0.15, 0.2) is 0 Å². The highest BCUT2D eigenvalue weighted by Gasteiger charge is 2.46. The Kier molecular flexibility index (Phi) is 8.08. The first-order valence-corrected chi connectivity index (χ1v) is 6.96. The van der Waals surface area contributed by atoms with Gasteiger partial charge in [0.25, 0.3) is 0 Å². The third kappa shape index (κ3) is 7.22. The zero-order chi connectivity index (χ0) is 15.2. The van der Waals surface area contributed by atoms with Crippen molar-refractivity contribution in [3.8, 4) is 0 Å². The average molecular weight is 278 g/mol. The first kappa shape index (κ1) is 18.8. The van der Waals surface area contributed by atoms with Crippen LogP contribution in [0.25, 0.3) is 0 Å². The molecule has 0 saturated carbocycles. The molecule has 0 spiro atoms. The predicted molar refractivity (Wildman–Crippen MR) is 73.6 cm³/mol. The minimum Gasteiger partial charge on any atom is -0.362 e. The summed E-state index contributed by atoms with van der Waals surface area (Å²) in [6.07, 6.45) is -2.02. The first-order chi connectivity index (χ1) is 8.59. The van der Waals surface area contributed by atoms with Crippen LogP contribution in [-0.2, 0) is 18.9 Å². The normalized spacial score (nSPS) is 15.0. The van der Waals surface area contributed by atoms with Gasteiger partial charge in [0.2, 0.25) is 6.29 Å². The maximum absolute atomic E-state index is 10.3. The van der Waals surface area contributed by atoms with Crippen molar-refractivity contribution in [3.63, 3.8) is 0 Å². The van der Waals surface area contributed by atoms with Crippen LogP contribution in [-0.4, -0.2) is 41.8 Å². The Bertz CT molecular complexity index is 211. The fourth-order valence-electron chi connectivity index (χ4n) is 1.58. The van der Waals surface area contributed by atoms with Gasteiger partial charge in [-0.15, -0.1) is 0 Å². The first-order valence-electron chi connectivity index (χ1n) is 6.96. The fourth-order valence-corrected chi connectivity index (χ4v) is 1.58. The molecule has 0 aromatic heterocycles. The van der Waals surface area contributed by atoms with Crippen molar-refractivity contribution in [1.82, 2.24) is 0 Å². The van der Waals surface area contributed by atoms with Gasteiger partial charge in [0.15, 0.2) is 0 Å². The summed E-state index contributed by atoms with van der Waals surface area (Å²) in [6, 6.07) is 0. The topological polar surface area (TPSA) is 57.2 Å². The number of hydrogen-bond donors (Lipinski definition) is 1. The van der Waals surface area contributed by atoms with E-state index >= 15 is 0 Å². The molecular weight excluding hydrogens is 248 g/mol. The molecule has 0 aromatic rings. The molecule has 0 amide bonds. The lowest BCUT2D eigenvalue weighted by atomic mass is 10.3. The van der Waals surface area contributed by atoms with E-state index in [1.165, 1.54) is 0 Å². The average Bonchev–Trinajstić information content (AvgIpc) is 2.12. The molecule has 1 atom stereocenters. The van der Waals surface area contributed by atoms with Crippen LogP contribution in [0, 0.1) is 0 Å². The van der Waals surface area contributed by atoms with E-state index in [1.54, 1.807) is 0 Å². The Balaban J connectivity index is 5.19. The predicted octanol–water partition coefficient (Wildman–Crippen LogP) is 2.66. The van der Waals surface area contributed by atoms with Crippen LogP contribution < -0.4 is 0 Å². The summed E-state index contributed by atoms with van der Waals surface area (Å²) in [5.74, 6) is -1.61. The van der Waals surface area contributed by atoms with Crippen molar-refractivity contribution < 1.29 is 24.1 Å². The van der Waals surface area contributed by atoms with Crippen LogP contribution in [0.2, 0.25) is 0 Å². The molecule has 0 radical (unpaired) electrons. The lowest BCUT2D eigenvalue weighted by Gasteiger charge is -2.40. The van der Waals surface area contributed by atoms with Crippen molar-refractivity contribution in [2.75, 3.05) is 0 Å². The van der Waals surface area contributed by atoms with E-state index in [0.29, 0.717) is 0 Å². The zero-order valence-corrected chi connectivity index (χ0v) is 13.5. The fraction of sp³-hybridized carbons (Fsp3) is 1.00. The largest absolute Gasteiger partial charge is 0.362 e. The third-order valence-electron chi connectivity index (χ3n) is 1.90. The molecule has 0 fully saturated rings. The van der Waals surface area contributed by atoms with Crippen LogP contribution in [0.3, 0.4) is 0 Å². The number of rotatable bonds is 9. The maximum atomic E-state index is 10.3. The Hall–Kier alpha value is -0.200. The van der Waals surface area contributed by atoms with Crippen molar-refractivity contribution in [3.05, 3.63) is 0 Å². The lowest BCUT2D eigenvalue weighted by Crippen LogP contribution is -2.55. The van der Waals surface area contributed by atoms with Crippen molar-refractivity contribution in [2.24, 2.45) is 0 Å². The maximum Gasteiger partial charge on any atom is 0.338 e. The summed E-state index contributed by atoms with van der Waals surface area (Å²) < 4.78 is 22.5. The van der Waals surface area contributed by atoms with Crippen molar-refractivity contribution in [2.45, 2.75) is 92.1 Å². The van der Waals surface area contributed by atoms with E-state index in [-0.39, 0.29) is 24.4 Å². The molecule has 0 aliphatic heterocycles. The van der Waals surface area contributed by atoms with Gasteiger partial charge in [-0.25, -0.2) is 0 Å². The molecule has 0 aliphatic rings. The van der Waals surface area contributed by atoms with Crippen molar-refractivity contribution >= 4 is 0 Å². The van der Waals surface area contributed by atoms with E-state index in [4.69, 9.17) is 18.9 Å². The minimum atomic E-state index is -1.61.